The van der Waals surface area contributed by atoms with Gasteiger partial charge in [-0.15, -0.1) is 0 Å². The lowest BCUT2D eigenvalue weighted by Crippen LogP contribution is -2.30. The normalized spacial score (nSPS) is 12.9. The van der Waals surface area contributed by atoms with Gasteiger partial charge < -0.3 is 14.2 Å². The average Bonchev–Trinajstić information content (AvgIpc) is 3.41. The second kappa shape index (κ2) is 62.4. The van der Waals surface area contributed by atoms with E-state index < -0.39 is 6.10 Å². The van der Waals surface area contributed by atoms with E-state index in [1.807, 2.05) is 0 Å². The summed E-state index contributed by atoms with van der Waals surface area (Å²) in [4.78, 5) is 38.3. The fourth-order valence-electron chi connectivity index (χ4n) is 8.34. The van der Waals surface area contributed by atoms with Crippen LogP contribution in [0.2, 0.25) is 0 Å². The number of carbonyl (C=O) groups is 3. The Bertz CT molecular complexity index is 1570. The summed E-state index contributed by atoms with van der Waals surface area (Å²) in [5, 5.41) is 0. The van der Waals surface area contributed by atoms with Gasteiger partial charge in [0.05, 0.1) is 0 Å². The van der Waals surface area contributed by atoms with E-state index in [4.69, 9.17) is 14.2 Å². The Hall–Kier alpha value is -4.19. The minimum absolute atomic E-state index is 0.0962. The Morgan fingerprint density at radius 2 is 0.520 bits per heavy atom. The molecule has 0 saturated heterocycles. The first kappa shape index (κ1) is 70.8. The van der Waals surface area contributed by atoms with Crippen molar-refractivity contribution in [2.45, 2.75) is 284 Å². The molecule has 75 heavy (non-hydrogen) atoms. The third-order valence-corrected chi connectivity index (χ3v) is 12.9. The van der Waals surface area contributed by atoms with Crippen molar-refractivity contribution in [1.29, 1.82) is 0 Å². The predicted octanol–water partition coefficient (Wildman–Crippen LogP) is 21.2. The van der Waals surface area contributed by atoms with Crippen LogP contribution in [-0.2, 0) is 28.6 Å². The van der Waals surface area contributed by atoms with Crippen molar-refractivity contribution in [1.82, 2.24) is 0 Å². The molecule has 6 heteroatoms. The van der Waals surface area contributed by atoms with Gasteiger partial charge in [-0.3, -0.25) is 14.4 Å². The molecule has 0 amide bonds. The van der Waals surface area contributed by atoms with E-state index in [1.54, 1.807) is 0 Å². The molecular formula is C69H114O6. The molecule has 426 valence electrons. The van der Waals surface area contributed by atoms with Gasteiger partial charge in [-0.25, -0.2) is 0 Å². The summed E-state index contributed by atoms with van der Waals surface area (Å²) in [6.07, 6.45) is 86.2. The van der Waals surface area contributed by atoms with Crippen LogP contribution in [0, 0.1) is 0 Å². The molecule has 0 aliphatic carbocycles. The molecule has 0 aromatic rings. The maximum atomic E-state index is 12.9. The van der Waals surface area contributed by atoms with Gasteiger partial charge >= 0.3 is 17.9 Å². The summed E-state index contributed by atoms with van der Waals surface area (Å²) in [5.74, 6) is -0.932. The fourth-order valence-corrected chi connectivity index (χ4v) is 8.34. The summed E-state index contributed by atoms with van der Waals surface area (Å²) >= 11 is 0. The number of rotatable bonds is 55. The van der Waals surface area contributed by atoms with Crippen LogP contribution in [0.1, 0.15) is 278 Å². The van der Waals surface area contributed by atoms with E-state index in [0.717, 1.165) is 154 Å². The highest BCUT2D eigenvalue weighted by molar-refractivity contribution is 5.71. The zero-order valence-electron chi connectivity index (χ0n) is 48.8. The van der Waals surface area contributed by atoms with Gasteiger partial charge in [0.15, 0.2) is 6.10 Å². The number of unbranched alkanes of at least 4 members (excludes halogenated alkanes) is 24. The first-order valence-corrected chi connectivity index (χ1v) is 31.0. The summed E-state index contributed by atoms with van der Waals surface area (Å²) in [7, 11) is 0. The SMILES string of the molecule is CC/C=C\C/C=C\C/C=C\C/C=C\CCCCCCCCC(=O)OC(COC(=O)CCCCCCC/C=C\C/C=C\C/C=C\CC)COC(=O)CCCCCCCCCC/C=C\C/C=C\C/C=C\CCCCCCC. The lowest BCUT2D eigenvalue weighted by Gasteiger charge is -2.18. The molecule has 0 saturated carbocycles. The van der Waals surface area contributed by atoms with Crippen LogP contribution in [0.5, 0.6) is 0 Å². The Kier molecular flexibility index (Phi) is 58.9. The van der Waals surface area contributed by atoms with Gasteiger partial charge in [0.2, 0.25) is 0 Å². The van der Waals surface area contributed by atoms with Crippen molar-refractivity contribution < 1.29 is 28.6 Å². The van der Waals surface area contributed by atoms with Crippen LogP contribution in [0.25, 0.3) is 0 Å². The van der Waals surface area contributed by atoms with E-state index in [1.165, 1.54) is 83.5 Å². The molecular weight excluding hydrogens is 925 g/mol. The summed E-state index contributed by atoms with van der Waals surface area (Å²) in [6, 6.07) is 0. The van der Waals surface area contributed by atoms with Gasteiger partial charge in [0.1, 0.15) is 13.2 Å². The average molecular weight is 1040 g/mol. The Labute approximate surface area is 462 Å². The molecule has 0 aromatic heterocycles. The number of allylic oxidation sites excluding steroid dienone is 20. The second-order valence-corrected chi connectivity index (χ2v) is 20.2. The molecule has 0 radical (unpaired) electrons. The largest absolute Gasteiger partial charge is 0.462 e. The van der Waals surface area contributed by atoms with Crippen LogP contribution in [0.3, 0.4) is 0 Å². The van der Waals surface area contributed by atoms with Crippen LogP contribution >= 0.6 is 0 Å². The quantitative estimate of drug-likeness (QED) is 0.0261. The van der Waals surface area contributed by atoms with Crippen molar-refractivity contribution >= 4 is 17.9 Å². The van der Waals surface area contributed by atoms with Crippen molar-refractivity contribution in [2.24, 2.45) is 0 Å². The van der Waals surface area contributed by atoms with E-state index in [9.17, 15) is 14.4 Å². The third kappa shape index (κ3) is 60.6. The number of esters is 3. The number of ether oxygens (including phenoxy) is 3. The molecule has 0 N–H and O–H groups in total. The van der Waals surface area contributed by atoms with Gasteiger partial charge in [-0.05, 0) is 128 Å². The monoisotopic (exact) mass is 1040 g/mol. The lowest BCUT2D eigenvalue weighted by atomic mass is 10.1. The van der Waals surface area contributed by atoms with E-state index >= 15 is 0 Å². The summed E-state index contributed by atoms with van der Waals surface area (Å²) < 4.78 is 16.9. The first-order chi connectivity index (χ1) is 37.0. The number of carbonyl (C=O) groups excluding carboxylic acids is 3. The minimum Gasteiger partial charge on any atom is -0.462 e. The molecule has 0 aliphatic heterocycles. The molecule has 0 heterocycles. The third-order valence-electron chi connectivity index (χ3n) is 12.9. The molecule has 1 unspecified atom stereocenters. The standard InChI is InChI=1S/C69H114O6/c1-4-7-10-13-16-19-22-25-28-30-32-33-34-35-37-38-41-44-47-50-53-56-59-62-68(71)74-65-66(64-73-67(70)61-58-55-52-49-46-43-40-27-24-21-18-15-12-9-6-3)75-69(72)63-60-57-54-51-48-45-42-39-36-31-29-26-23-20-17-14-11-8-5-2/h8-9,11-12,17-18,20-22,25-27,29-30,32,34-36,39-40,66H,4-7,10,13-16,19,23-24,28,31,33,37-38,41-65H2,1-3H3/b11-8-,12-9-,20-17-,21-18-,25-22-,29-26-,32-30-,35-34-,39-36-,40-27-. The zero-order chi connectivity index (χ0) is 54.3. The molecule has 6 nitrogen and oxygen atoms in total. The Balaban J connectivity index is 4.43. The summed E-state index contributed by atoms with van der Waals surface area (Å²) in [5.41, 5.74) is 0. The van der Waals surface area contributed by atoms with Gasteiger partial charge in [-0.2, -0.15) is 0 Å². The van der Waals surface area contributed by atoms with Gasteiger partial charge in [0.25, 0.3) is 0 Å². The molecule has 0 aromatic carbocycles. The van der Waals surface area contributed by atoms with Gasteiger partial charge in [-0.1, -0.05) is 251 Å². The molecule has 0 bridgehead atoms. The number of hydrogen-bond acceptors (Lipinski definition) is 6. The van der Waals surface area contributed by atoms with Crippen molar-refractivity contribution in [3.05, 3.63) is 122 Å². The smallest absolute Gasteiger partial charge is 0.306 e. The number of hydrogen-bond donors (Lipinski definition) is 0. The maximum absolute atomic E-state index is 12.9. The van der Waals surface area contributed by atoms with Crippen LogP contribution < -0.4 is 0 Å². The van der Waals surface area contributed by atoms with Gasteiger partial charge in [0, 0.05) is 19.3 Å². The topological polar surface area (TPSA) is 78.9 Å². The van der Waals surface area contributed by atoms with E-state index in [-0.39, 0.29) is 31.1 Å². The molecule has 0 aliphatic rings. The minimum atomic E-state index is -0.801. The predicted molar refractivity (Wildman–Crippen MR) is 325 cm³/mol. The van der Waals surface area contributed by atoms with Crippen LogP contribution in [-0.4, -0.2) is 37.2 Å². The first-order valence-electron chi connectivity index (χ1n) is 31.0. The van der Waals surface area contributed by atoms with Crippen molar-refractivity contribution in [3.8, 4) is 0 Å². The molecule has 0 fully saturated rings. The van der Waals surface area contributed by atoms with E-state index in [2.05, 4.69) is 142 Å². The second-order valence-electron chi connectivity index (χ2n) is 20.2. The maximum Gasteiger partial charge on any atom is 0.306 e. The highest BCUT2D eigenvalue weighted by Gasteiger charge is 2.19. The highest BCUT2D eigenvalue weighted by Crippen LogP contribution is 2.15. The lowest BCUT2D eigenvalue weighted by molar-refractivity contribution is -0.167. The molecule has 1 atom stereocenters. The van der Waals surface area contributed by atoms with Crippen LogP contribution in [0.4, 0.5) is 0 Å². The Morgan fingerprint density at radius 1 is 0.280 bits per heavy atom. The van der Waals surface area contributed by atoms with Crippen molar-refractivity contribution in [3.63, 3.8) is 0 Å². The Morgan fingerprint density at radius 3 is 0.813 bits per heavy atom. The highest BCUT2D eigenvalue weighted by atomic mass is 16.6. The van der Waals surface area contributed by atoms with E-state index in [0.29, 0.717) is 19.3 Å². The summed E-state index contributed by atoms with van der Waals surface area (Å²) in [6.45, 7) is 6.38. The zero-order valence-corrected chi connectivity index (χ0v) is 48.8. The van der Waals surface area contributed by atoms with Crippen molar-refractivity contribution in [2.75, 3.05) is 13.2 Å². The molecule has 0 rings (SSSR count). The fraction of sp³-hybridized carbons (Fsp3) is 0.667. The van der Waals surface area contributed by atoms with Crippen LogP contribution in [0.15, 0.2) is 122 Å². The molecule has 0 spiro atoms.